The number of hydrogen-bond donors (Lipinski definition) is 2. The second kappa shape index (κ2) is 6.12. The van der Waals surface area contributed by atoms with Gasteiger partial charge < -0.3 is 19.9 Å². The number of halogens is 1. The molecule has 2 N–H and O–H groups in total. The van der Waals surface area contributed by atoms with Crippen LogP contribution in [0, 0.1) is 0 Å². The topological polar surface area (TPSA) is 67.8 Å². The van der Waals surface area contributed by atoms with Gasteiger partial charge in [0.1, 0.15) is 0 Å². The first-order valence-corrected chi connectivity index (χ1v) is 6.41. The van der Waals surface area contributed by atoms with E-state index < -0.39 is 0 Å². The molecule has 1 aliphatic carbocycles. The van der Waals surface area contributed by atoms with Crippen LogP contribution in [0.25, 0.3) is 0 Å². The molecule has 1 aromatic carbocycles. The van der Waals surface area contributed by atoms with E-state index in [9.17, 15) is 9.90 Å². The molecular formula is C13H16ClNO4. The minimum absolute atomic E-state index is 0.110. The lowest BCUT2D eigenvalue weighted by atomic mass is 10.2. The maximum atomic E-state index is 11.6. The standard InChI is InChI=1S/C13H16ClNO4/c1-18-11-5-9(14)4-8(6-16)13(11)19-7-12(17)15-10-2-3-10/h4-5,10,16H,2-3,6-7H2,1H3,(H,15,17). The predicted octanol–water partition coefficient (Wildman–Crippen LogP) is 1.50. The average molecular weight is 286 g/mol. The van der Waals surface area contributed by atoms with Crippen LogP contribution in [0.15, 0.2) is 12.1 Å². The second-order valence-electron chi connectivity index (χ2n) is 4.38. The SMILES string of the molecule is COc1cc(Cl)cc(CO)c1OCC(=O)NC1CC1. The summed E-state index contributed by atoms with van der Waals surface area (Å²) in [5.74, 6) is 0.569. The fraction of sp³-hybridized carbons (Fsp3) is 0.462. The maximum absolute atomic E-state index is 11.6. The van der Waals surface area contributed by atoms with Crippen molar-refractivity contribution in [3.8, 4) is 11.5 Å². The van der Waals surface area contributed by atoms with Gasteiger partial charge in [0.25, 0.3) is 5.91 Å². The molecule has 6 heteroatoms. The Bertz CT molecular complexity index is 449. The molecule has 0 aromatic heterocycles. The third-order valence-corrected chi connectivity index (χ3v) is 3.00. The molecule has 0 aliphatic heterocycles. The highest BCUT2D eigenvalue weighted by molar-refractivity contribution is 6.30. The predicted molar refractivity (Wildman–Crippen MR) is 70.6 cm³/mol. The molecule has 1 aromatic rings. The molecule has 0 saturated heterocycles. The Morgan fingerprint density at radius 2 is 2.26 bits per heavy atom. The van der Waals surface area contributed by atoms with Crippen molar-refractivity contribution in [2.45, 2.75) is 25.5 Å². The molecule has 0 heterocycles. The van der Waals surface area contributed by atoms with Gasteiger partial charge >= 0.3 is 0 Å². The third kappa shape index (κ3) is 3.75. The molecule has 0 unspecified atom stereocenters. The van der Waals surface area contributed by atoms with Crippen LogP contribution in [0.5, 0.6) is 11.5 Å². The number of ether oxygens (including phenoxy) is 2. The van der Waals surface area contributed by atoms with Crippen LogP contribution in [0.2, 0.25) is 5.02 Å². The van der Waals surface area contributed by atoms with E-state index in [1.165, 1.54) is 7.11 Å². The second-order valence-corrected chi connectivity index (χ2v) is 4.82. The van der Waals surface area contributed by atoms with Gasteiger partial charge in [-0.3, -0.25) is 4.79 Å². The van der Waals surface area contributed by atoms with Gasteiger partial charge in [0, 0.05) is 22.7 Å². The zero-order valence-corrected chi connectivity index (χ0v) is 11.4. The van der Waals surface area contributed by atoms with Gasteiger partial charge in [-0.05, 0) is 18.9 Å². The number of methoxy groups -OCH3 is 1. The van der Waals surface area contributed by atoms with Gasteiger partial charge in [0.2, 0.25) is 0 Å². The summed E-state index contributed by atoms with van der Waals surface area (Å²) in [6.07, 6.45) is 2.05. The Kier molecular flexibility index (Phi) is 4.50. The fourth-order valence-electron chi connectivity index (χ4n) is 1.69. The van der Waals surface area contributed by atoms with E-state index in [0.29, 0.717) is 28.1 Å². The molecular weight excluding hydrogens is 270 g/mol. The maximum Gasteiger partial charge on any atom is 0.258 e. The molecule has 0 spiro atoms. The number of rotatable bonds is 6. The summed E-state index contributed by atoms with van der Waals surface area (Å²) in [4.78, 5) is 11.6. The molecule has 1 aliphatic rings. The van der Waals surface area contributed by atoms with Gasteiger partial charge in [-0.15, -0.1) is 0 Å². The van der Waals surface area contributed by atoms with Crippen LogP contribution in [0.4, 0.5) is 0 Å². The minimum Gasteiger partial charge on any atom is -0.493 e. The Morgan fingerprint density at radius 3 is 2.84 bits per heavy atom. The number of benzene rings is 1. The molecule has 0 radical (unpaired) electrons. The van der Waals surface area contributed by atoms with E-state index in [4.69, 9.17) is 21.1 Å². The number of carbonyl (C=O) groups excluding carboxylic acids is 1. The lowest BCUT2D eigenvalue weighted by Gasteiger charge is -2.14. The minimum atomic E-state index is -0.240. The Balaban J connectivity index is 2.06. The van der Waals surface area contributed by atoms with Crippen molar-refractivity contribution >= 4 is 17.5 Å². The van der Waals surface area contributed by atoms with E-state index in [-0.39, 0.29) is 19.1 Å². The van der Waals surface area contributed by atoms with Gasteiger partial charge in [-0.25, -0.2) is 0 Å². The van der Waals surface area contributed by atoms with Crippen molar-refractivity contribution in [2.24, 2.45) is 0 Å². The van der Waals surface area contributed by atoms with Gasteiger partial charge in [0.15, 0.2) is 18.1 Å². The highest BCUT2D eigenvalue weighted by atomic mass is 35.5. The number of carbonyl (C=O) groups is 1. The third-order valence-electron chi connectivity index (χ3n) is 2.78. The summed E-state index contributed by atoms with van der Waals surface area (Å²) >= 11 is 5.89. The summed E-state index contributed by atoms with van der Waals surface area (Å²) in [6, 6.07) is 3.45. The van der Waals surface area contributed by atoms with Crippen molar-refractivity contribution in [2.75, 3.05) is 13.7 Å². The number of aliphatic hydroxyl groups excluding tert-OH is 1. The first-order valence-electron chi connectivity index (χ1n) is 6.03. The van der Waals surface area contributed by atoms with Gasteiger partial charge in [0.05, 0.1) is 13.7 Å². The molecule has 104 valence electrons. The first kappa shape index (κ1) is 14.0. The zero-order chi connectivity index (χ0) is 13.8. The van der Waals surface area contributed by atoms with E-state index in [1.54, 1.807) is 12.1 Å². The number of hydrogen-bond acceptors (Lipinski definition) is 4. The summed E-state index contributed by atoms with van der Waals surface area (Å²) in [6.45, 7) is -0.349. The largest absolute Gasteiger partial charge is 0.493 e. The molecule has 5 nitrogen and oxygen atoms in total. The molecule has 0 atom stereocenters. The Hall–Kier alpha value is -1.46. The summed E-state index contributed by atoms with van der Waals surface area (Å²) in [5, 5.41) is 12.5. The van der Waals surface area contributed by atoms with Crippen molar-refractivity contribution in [1.29, 1.82) is 0 Å². The highest BCUT2D eigenvalue weighted by Gasteiger charge is 2.23. The van der Waals surface area contributed by atoms with Crippen LogP contribution in [0.1, 0.15) is 18.4 Å². The molecule has 2 rings (SSSR count). The van der Waals surface area contributed by atoms with E-state index >= 15 is 0 Å². The smallest absolute Gasteiger partial charge is 0.258 e. The van der Waals surface area contributed by atoms with Crippen LogP contribution in [0.3, 0.4) is 0 Å². The fourth-order valence-corrected chi connectivity index (χ4v) is 1.92. The van der Waals surface area contributed by atoms with Crippen LogP contribution in [-0.2, 0) is 11.4 Å². The van der Waals surface area contributed by atoms with Crippen LogP contribution < -0.4 is 14.8 Å². The molecule has 19 heavy (non-hydrogen) atoms. The van der Waals surface area contributed by atoms with Crippen molar-refractivity contribution in [3.63, 3.8) is 0 Å². The number of aliphatic hydroxyl groups is 1. The lowest BCUT2D eigenvalue weighted by molar-refractivity contribution is -0.123. The van der Waals surface area contributed by atoms with E-state index in [2.05, 4.69) is 5.32 Å². The monoisotopic (exact) mass is 285 g/mol. The quantitative estimate of drug-likeness (QED) is 0.831. The molecule has 1 fully saturated rings. The highest BCUT2D eigenvalue weighted by Crippen LogP contribution is 2.34. The number of nitrogens with one attached hydrogen (secondary N) is 1. The lowest BCUT2D eigenvalue weighted by Crippen LogP contribution is -2.30. The summed E-state index contributed by atoms with van der Waals surface area (Å²) in [5.41, 5.74) is 0.489. The summed E-state index contributed by atoms with van der Waals surface area (Å²) < 4.78 is 10.6. The van der Waals surface area contributed by atoms with Gasteiger partial charge in [-0.1, -0.05) is 11.6 Å². The van der Waals surface area contributed by atoms with E-state index in [1.807, 2.05) is 0 Å². The van der Waals surface area contributed by atoms with Crippen molar-refractivity contribution in [1.82, 2.24) is 5.32 Å². The number of amides is 1. The van der Waals surface area contributed by atoms with E-state index in [0.717, 1.165) is 12.8 Å². The molecule has 1 amide bonds. The summed E-state index contributed by atoms with van der Waals surface area (Å²) in [7, 11) is 1.48. The van der Waals surface area contributed by atoms with Crippen LogP contribution >= 0.6 is 11.6 Å². The van der Waals surface area contributed by atoms with Crippen molar-refractivity contribution < 1.29 is 19.4 Å². The molecule has 0 bridgehead atoms. The Labute approximate surface area is 116 Å². The normalized spacial score (nSPS) is 14.1. The van der Waals surface area contributed by atoms with Crippen LogP contribution in [-0.4, -0.2) is 30.8 Å². The first-order chi connectivity index (χ1) is 9.13. The molecule has 1 saturated carbocycles. The Morgan fingerprint density at radius 1 is 1.53 bits per heavy atom. The zero-order valence-electron chi connectivity index (χ0n) is 10.6. The van der Waals surface area contributed by atoms with Crippen molar-refractivity contribution in [3.05, 3.63) is 22.7 Å². The average Bonchev–Trinajstić information content (AvgIpc) is 3.19. The van der Waals surface area contributed by atoms with Gasteiger partial charge in [-0.2, -0.15) is 0 Å².